The van der Waals surface area contributed by atoms with Crippen LogP contribution in [-0.2, 0) is 9.05 Å². The largest absolute Gasteiger partial charge is 0.463 e. The first kappa shape index (κ1) is 9.83. The Hall–Kier alpha value is -0.710. The fourth-order valence-corrected chi connectivity index (χ4v) is 2.49. The van der Waals surface area contributed by atoms with E-state index in [1.807, 2.05) is 0 Å². The minimum Gasteiger partial charge on any atom is -0.463 e. The van der Waals surface area contributed by atoms with Crippen molar-refractivity contribution in [3.63, 3.8) is 0 Å². The number of hydrogen-bond donors (Lipinski definition) is 0. The maximum Gasteiger partial charge on any atom is 0.265 e. The highest BCUT2D eigenvalue weighted by Gasteiger charge is 2.17. The first-order valence-electron chi connectivity index (χ1n) is 3.60. The highest BCUT2D eigenvalue weighted by Crippen LogP contribution is 2.30. The predicted molar refractivity (Wildman–Crippen MR) is 54.3 cm³/mol. The molecule has 0 aliphatic heterocycles. The lowest BCUT2D eigenvalue weighted by Crippen LogP contribution is -1.90. The van der Waals surface area contributed by atoms with E-state index in [4.69, 9.17) is 26.7 Å². The second-order valence-electron chi connectivity index (χ2n) is 2.68. The molecule has 0 amide bonds. The van der Waals surface area contributed by atoms with Gasteiger partial charge in [-0.3, -0.25) is 0 Å². The first-order valence-corrected chi connectivity index (χ1v) is 6.28. The molecule has 0 atom stereocenters. The Morgan fingerprint density at radius 2 is 2.00 bits per heavy atom. The third-order valence-electron chi connectivity index (χ3n) is 1.74. The van der Waals surface area contributed by atoms with E-state index in [1.54, 1.807) is 12.1 Å². The molecular formula is C8H4Cl2O3S. The Labute approximate surface area is 89.6 Å². The third kappa shape index (κ3) is 1.61. The van der Waals surface area contributed by atoms with Crippen LogP contribution in [-0.4, -0.2) is 8.42 Å². The van der Waals surface area contributed by atoms with Gasteiger partial charge in [0.15, 0.2) is 5.58 Å². The molecule has 0 N–H and O–H groups in total. The number of rotatable bonds is 1. The number of halogens is 2. The van der Waals surface area contributed by atoms with Gasteiger partial charge in [0.1, 0.15) is 4.90 Å². The fourth-order valence-electron chi connectivity index (χ4n) is 1.20. The standard InChI is InChI=1S/C8H4Cl2O3S/c9-6-3-5-1-2-13-8(5)7(4-6)14(10,11)12/h1-4H. The molecule has 0 aliphatic carbocycles. The van der Waals surface area contributed by atoms with Gasteiger partial charge in [-0.25, -0.2) is 8.42 Å². The molecule has 1 aromatic heterocycles. The third-order valence-corrected chi connectivity index (χ3v) is 3.29. The van der Waals surface area contributed by atoms with Crippen molar-refractivity contribution < 1.29 is 12.8 Å². The number of benzene rings is 1. The van der Waals surface area contributed by atoms with Crippen molar-refractivity contribution in [2.75, 3.05) is 0 Å². The monoisotopic (exact) mass is 250 g/mol. The lowest BCUT2D eigenvalue weighted by Gasteiger charge is -1.98. The van der Waals surface area contributed by atoms with E-state index in [-0.39, 0.29) is 10.5 Å². The number of furan rings is 1. The van der Waals surface area contributed by atoms with Crippen molar-refractivity contribution in [3.8, 4) is 0 Å². The summed E-state index contributed by atoms with van der Waals surface area (Å²) >= 11 is 5.72. The van der Waals surface area contributed by atoms with Crippen LogP contribution in [0.1, 0.15) is 0 Å². The van der Waals surface area contributed by atoms with Gasteiger partial charge < -0.3 is 4.42 Å². The van der Waals surface area contributed by atoms with Gasteiger partial charge in [0.05, 0.1) is 6.26 Å². The molecule has 0 fully saturated rings. The highest BCUT2D eigenvalue weighted by molar-refractivity contribution is 8.14. The average Bonchev–Trinajstić information content (AvgIpc) is 2.47. The SMILES string of the molecule is O=S(=O)(Cl)c1cc(Cl)cc2ccoc12. The second kappa shape index (κ2) is 3.15. The lowest BCUT2D eigenvalue weighted by atomic mass is 10.2. The summed E-state index contributed by atoms with van der Waals surface area (Å²) < 4.78 is 27.3. The van der Waals surface area contributed by atoms with Crippen molar-refractivity contribution in [1.29, 1.82) is 0 Å². The summed E-state index contributed by atoms with van der Waals surface area (Å²) in [4.78, 5) is -0.105. The van der Waals surface area contributed by atoms with E-state index in [1.165, 1.54) is 12.3 Å². The van der Waals surface area contributed by atoms with E-state index in [9.17, 15) is 8.42 Å². The van der Waals surface area contributed by atoms with Crippen LogP contribution in [0.25, 0.3) is 11.0 Å². The maximum absolute atomic E-state index is 11.1. The summed E-state index contributed by atoms with van der Waals surface area (Å²) in [6, 6.07) is 4.48. The molecule has 1 heterocycles. The minimum absolute atomic E-state index is 0.105. The maximum atomic E-state index is 11.1. The van der Waals surface area contributed by atoms with Gasteiger partial charge in [-0.1, -0.05) is 11.6 Å². The van der Waals surface area contributed by atoms with E-state index in [0.29, 0.717) is 10.4 Å². The normalized spacial score (nSPS) is 12.1. The molecule has 0 saturated heterocycles. The van der Waals surface area contributed by atoms with Crippen LogP contribution in [0, 0.1) is 0 Å². The predicted octanol–water partition coefficient (Wildman–Crippen LogP) is 3.01. The quantitative estimate of drug-likeness (QED) is 0.732. The lowest BCUT2D eigenvalue weighted by molar-refractivity contribution is 0.593. The zero-order chi connectivity index (χ0) is 10.3. The molecule has 1 aromatic carbocycles. The average molecular weight is 251 g/mol. The zero-order valence-electron chi connectivity index (χ0n) is 6.70. The molecular weight excluding hydrogens is 247 g/mol. The molecule has 6 heteroatoms. The molecule has 0 bridgehead atoms. The molecule has 3 nitrogen and oxygen atoms in total. The summed E-state index contributed by atoms with van der Waals surface area (Å²) in [6.45, 7) is 0. The van der Waals surface area contributed by atoms with Gasteiger partial charge in [-0.15, -0.1) is 0 Å². The van der Waals surface area contributed by atoms with Gasteiger partial charge in [-0.05, 0) is 18.2 Å². The van der Waals surface area contributed by atoms with E-state index < -0.39 is 9.05 Å². The number of hydrogen-bond acceptors (Lipinski definition) is 3. The molecule has 0 radical (unpaired) electrons. The first-order chi connectivity index (χ1) is 6.48. The van der Waals surface area contributed by atoms with Crippen molar-refractivity contribution >= 4 is 42.3 Å². The van der Waals surface area contributed by atoms with Crippen LogP contribution >= 0.6 is 22.3 Å². The van der Waals surface area contributed by atoms with Gasteiger partial charge in [0, 0.05) is 21.1 Å². The van der Waals surface area contributed by atoms with Gasteiger partial charge >= 0.3 is 0 Å². The van der Waals surface area contributed by atoms with Crippen LogP contribution in [0.3, 0.4) is 0 Å². The smallest absolute Gasteiger partial charge is 0.265 e. The van der Waals surface area contributed by atoms with Crippen LogP contribution in [0.15, 0.2) is 33.8 Å². The van der Waals surface area contributed by atoms with Crippen LogP contribution in [0.2, 0.25) is 5.02 Å². The molecule has 2 rings (SSSR count). The summed E-state index contributed by atoms with van der Waals surface area (Å²) in [5, 5.41) is 0.912. The summed E-state index contributed by atoms with van der Waals surface area (Å²) in [7, 11) is 1.39. The van der Waals surface area contributed by atoms with E-state index in [0.717, 1.165) is 0 Å². The topological polar surface area (TPSA) is 47.3 Å². The van der Waals surface area contributed by atoms with Gasteiger partial charge in [0.25, 0.3) is 9.05 Å². The van der Waals surface area contributed by atoms with Crippen molar-refractivity contribution in [3.05, 3.63) is 29.5 Å². The van der Waals surface area contributed by atoms with Crippen LogP contribution in [0.4, 0.5) is 0 Å². The second-order valence-corrected chi connectivity index (χ2v) is 5.65. The number of fused-ring (bicyclic) bond motifs is 1. The molecule has 0 spiro atoms. The van der Waals surface area contributed by atoms with Crippen LogP contribution in [0.5, 0.6) is 0 Å². The summed E-state index contributed by atoms with van der Waals surface area (Å²) in [5.41, 5.74) is 0.226. The molecule has 0 aliphatic rings. The van der Waals surface area contributed by atoms with E-state index in [2.05, 4.69) is 0 Å². The van der Waals surface area contributed by atoms with Crippen molar-refractivity contribution in [2.45, 2.75) is 4.90 Å². The Kier molecular flexibility index (Phi) is 2.21. The Balaban J connectivity index is 2.94. The molecule has 74 valence electrons. The molecule has 0 unspecified atom stereocenters. The molecule has 0 saturated carbocycles. The Morgan fingerprint density at radius 3 is 2.64 bits per heavy atom. The Morgan fingerprint density at radius 1 is 1.29 bits per heavy atom. The Bertz CT molecular complexity index is 586. The van der Waals surface area contributed by atoms with Crippen LogP contribution < -0.4 is 0 Å². The minimum atomic E-state index is -3.83. The molecule has 14 heavy (non-hydrogen) atoms. The summed E-state index contributed by atoms with van der Waals surface area (Å²) in [5.74, 6) is 0. The highest BCUT2D eigenvalue weighted by atomic mass is 35.7. The zero-order valence-corrected chi connectivity index (χ0v) is 9.03. The van der Waals surface area contributed by atoms with Gasteiger partial charge in [-0.2, -0.15) is 0 Å². The van der Waals surface area contributed by atoms with Crippen molar-refractivity contribution in [2.24, 2.45) is 0 Å². The van der Waals surface area contributed by atoms with Crippen molar-refractivity contribution in [1.82, 2.24) is 0 Å². The fraction of sp³-hybridized carbons (Fsp3) is 0. The summed E-state index contributed by atoms with van der Waals surface area (Å²) in [6.07, 6.45) is 1.38. The van der Waals surface area contributed by atoms with Gasteiger partial charge in [0.2, 0.25) is 0 Å². The van der Waals surface area contributed by atoms with E-state index >= 15 is 0 Å². The molecule has 2 aromatic rings.